The number of fused-ring (bicyclic) bond motifs is 1. The van der Waals surface area contributed by atoms with E-state index in [1.54, 1.807) is 12.1 Å². The number of benzene rings is 1. The number of carboxylic acids is 1. The van der Waals surface area contributed by atoms with Crippen molar-refractivity contribution in [2.45, 2.75) is 26.7 Å². The van der Waals surface area contributed by atoms with Crippen LogP contribution in [0.5, 0.6) is 0 Å². The lowest BCUT2D eigenvalue weighted by Gasteiger charge is -2.16. The van der Waals surface area contributed by atoms with Crippen molar-refractivity contribution < 1.29 is 9.90 Å². The fourth-order valence-electron chi connectivity index (χ4n) is 2.51. The maximum atomic E-state index is 12.5. The Hall–Kier alpha value is -1.81. The Bertz CT molecular complexity index is 762. The van der Waals surface area contributed by atoms with Gasteiger partial charge in [0.15, 0.2) is 5.43 Å². The van der Waals surface area contributed by atoms with Gasteiger partial charge < -0.3 is 9.67 Å². The van der Waals surface area contributed by atoms with E-state index in [9.17, 15) is 9.59 Å². The molecular formula is C15H16ClNO3. The second kappa shape index (κ2) is 5.29. The van der Waals surface area contributed by atoms with Gasteiger partial charge in [-0.2, -0.15) is 0 Å². The van der Waals surface area contributed by atoms with Crippen LogP contribution >= 0.6 is 11.6 Å². The van der Waals surface area contributed by atoms with Crippen LogP contribution in [0.1, 0.15) is 23.2 Å². The van der Waals surface area contributed by atoms with Crippen molar-refractivity contribution in [3.05, 3.63) is 44.2 Å². The summed E-state index contributed by atoms with van der Waals surface area (Å²) in [5.41, 5.74) is 2.91. The minimum atomic E-state index is -0.904. The second-order valence-electron chi connectivity index (χ2n) is 4.91. The number of halogens is 1. The van der Waals surface area contributed by atoms with Crippen molar-refractivity contribution in [1.29, 1.82) is 0 Å². The molecule has 0 radical (unpaired) electrons. The summed E-state index contributed by atoms with van der Waals surface area (Å²) in [6, 6.07) is 3.41. The van der Waals surface area contributed by atoms with Crippen molar-refractivity contribution in [1.82, 2.24) is 4.57 Å². The number of aliphatic carboxylic acids is 1. The molecule has 0 fully saturated rings. The van der Waals surface area contributed by atoms with Gasteiger partial charge in [0, 0.05) is 35.1 Å². The molecule has 0 aliphatic carbocycles. The minimum Gasteiger partial charge on any atom is -0.481 e. The van der Waals surface area contributed by atoms with Gasteiger partial charge in [0.2, 0.25) is 0 Å². The highest BCUT2D eigenvalue weighted by Crippen LogP contribution is 2.25. The molecule has 1 N–H and O–H groups in total. The lowest BCUT2D eigenvalue weighted by molar-refractivity contribution is -0.136. The molecule has 1 aromatic carbocycles. The zero-order valence-corrected chi connectivity index (χ0v) is 12.4. The van der Waals surface area contributed by atoms with E-state index in [1.165, 1.54) is 0 Å². The summed E-state index contributed by atoms with van der Waals surface area (Å²) in [5.74, 6) is -0.904. The number of rotatable bonds is 3. The van der Waals surface area contributed by atoms with Crippen molar-refractivity contribution in [2.75, 3.05) is 0 Å². The van der Waals surface area contributed by atoms with Crippen LogP contribution in [-0.2, 0) is 18.3 Å². The Labute approximate surface area is 121 Å². The van der Waals surface area contributed by atoms with Gasteiger partial charge in [0.1, 0.15) is 0 Å². The molecule has 0 saturated heterocycles. The first-order valence-corrected chi connectivity index (χ1v) is 6.71. The number of aromatic nitrogens is 1. The molecule has 2 aromatic rings. The van der Waals surface area contributed by atoms with E-state index in [0.717, 1.165) is 16.8 Å². The minimum absolute atomic E-state index is 0.0475. The number of hydrogen-bond acceptors (Lipinski definition) is 2. The summed E-state index contributed by atoms with van der Waals surface area (Å²) >= 11 is 6.11. The molecule has 0 atom stereocenters. The zero-order chi connectivity index (χ0) is 15.0. The number of pyridine rings is 1. The number of carboxylic acid groups (broad SMARTS) is 1. The molecule has 1 heterocycles. The van der Waals surface area contributed by atoms with Gasteiger partial charge in [-0.05, 0) is 38.0 Å². The van der Waals surface area contributed by atoms with Gasteiger partial charge in [0.25, 0.3) is 0 Å². The molecule has 2 rings (SSSR count). The predicted octanol–water partition coefficient (Wildman–Crippen LogP) is 2.83. The molecule has 0 amide bonds. The van der Waals surface area contributed by atoms with E-state index < -0.39 is 5.97 Å². The van der Waals surface area contributed by atoms with Gasteiger partial charge in [-0.15, -0.1) is 0 Å². The molecule has 0 spiro atoms. The highest BCUT2D eigenvalue weighted by Gasteiger charge is 2.15. The molecule has 1 aromatic heterocycles. The van der Waals surface area contributed by atoms with Crippen LogP contribution in [0, 0.1) is 13.8 Å². The fourth-order valence-corrected chi connectivity index (χ4v) is 2.67. The van der Waals surface area contributed by atoms with Crippen molar-refractivity contribution >= 4 is 28.5 Å². The third-order valence-electron chi connectivity index (χ3n) is 3.75. The molecule has 5 heteroatoms. The molecule has 106 valence electrons. The predicted molar refractivity (Wildman–Crippen MR) is 79.6 cm³/mol. The molecule has 0 aliphatic rings. The molecule has 0 saturated carbocycles. The van der Waals surface area contributed by atoms with Crippen LogP contribution in [0.25, 0.3) is 10.9 Å². The Morgan fingerprint density at radius 3 is 2.60 bits per heavy atom. The smallest absolute Gasteiger partial charge is 0.303 e. The van der Waals surface area contributed by atoms with Crippen LogP contribution in [0.3, 0.4) is 0 Å². The van der Waals surface area contributed by atoms with E-state index in [1.807, 2.05) is 25.5 Å². The molecule has 0 unspecified atom stereocenters. The zero-order valence-electron chi connectivity index (χ0n) is 11.7. The first-order chi connectivity index (χ1) is 9.34. The fraction of sp³-hybridized carbons (Fsp3) is 0.333. The first kappa shape index (κ1) is 14.6. The van der Waals surface area contributed by atoms with Gasteiger partial charge >= 0.3 is 5.97 Å². The molecule has 0 aliphatic heterocycles. The molecule has 20 heavy (non-hydrogen) atoms. The van der Waals surface area contributed by atoms with E-state index >= 15 is 0 Å². The van der Waals surface area contributed by atoms with Crippen molar-refractivity contribution in [2.24, 2.45) is 7.05 Å². The third-order valence-corrected chi connectivity index (χ3v) is 4.16. The Balaban J connectivity index is 2.78. The van der Waals surface area contributed by atoms with E-state index in [4.69, 9.17) is 16.7 Å². The van der Waals surface area contributed by atoms with E-state index in [-0.39, 0.29) is 18.3 Å². The van der Waals surface area contributed by atoms with Crippen LogP contribution in [0.15, 0.2) is 16.9 Å². The Morgan fingerprint density at radius 2 is 2.00 bits per heavy atom. The van der Waals surface area contributed by atoms with E-state index in [0.29, 0.717) is 16.0 Å². The topological polar surface area (TPSA) is 59.3 Å². The van der Waals surface area contributed by atoms with Gasteiger partial charge in [-0.1, -0.05) is 11.6 Å². The van der Waals surface area contributed by atoms with Crippen LogP contribution in [0.2, 0.25) is 5.02 Å². The molecule has 4 nitrogen and oxygen atoms in total. The van der Waals surface area contributed by atoms with E-state index in [2.05, 4.69) is 0 Å². The maximum Gasteiger partial charge on any atom is 0.303 e. The SMILES string of the molecule is Cc1c(Cl)ccc2c(=O)c(CCC(=O)O)c(C)n(C)c12. The third kappa shape index (κ3) is 2.31. The first-order valence-electron chi connectivity index (χ1n) is 6.33. The summed E-state index contributed by atoms with van der Waals surface area (Å²) in [4.78, 5) is 23.2. The molecular weight excluding hydrogens is 278 g/mol. The number of nitrogens with zero attached hydrogens (tertiary/aromatic N) is 1. The standard InChI is InChI=1S/C15H16ClNO3/c1-8-12(16)6-4-11-14(8)17(3)9(2)10(15(11)20)5-7-13(18)19/h4,6H,5,7H2,1-3H3,(H,18,19). The number of aryl methyl sites for hydroxylation is 2. The molecule has 0 bridgehead atoms. The normalized spacial score (nSPS) is 11.0. The largest absolute Gasteiger partial charge is 0.481 e. The highest BCUT2D eigenvalue weighted by molar-refractivity contribution is 6.32. The van der Waals surface area contributed by atoms with Crippen molar-refractivity contribution in [3.63, 3.8) is 0 Å². The lowest BCUT2D eigenvalue weighted by atomic mass is 10.0. The Kier molecular flexibility index (Phi) is 3.86. The van der Waals surface area contributed by atoms with Crippen LogP contribution in [-0.4, -0.2) is 15.6 Å². The second-order valence-corrected chi connectivity index (χ2v) is 5.32. The van der Waals surface area contributed by atoms with Crippen LogP contribution < -0.4 is 5.43 Å². The van der Waals surface area contributed by atoms with Crippen molar-refractivity contribution in [3.8, 4) is 0 Å². The lowest BCUT2D eigenvalue weighted by Crippen LogP contribution is -2.19. The van der Waals surface area contributed by atoms with Gasteiger partial charge in [-0.25, -0.2) is 0 Å². The summed E-state index contributed by atoms with van der Waals surface area (Å²) in [5, 5.41) is 9.99. The van der Waals surface area contributed by atoms with Crippen LogP contribution in [0.4, 0.5) is 0 Å². The quantitative estimate of drug-likeness (QED) is 0.946. The summed E-state index contributed by atoms with van der Waals surface area (Å²) < 4.78 is 1.91. The highest BCUT2D eigenvalue weighted by atomic mass is 35.5. The average Bonchev–Trinajstić information content (AvgIpc) is 2.39. The summed E-state index contributed by atoms with van der Waals surface area (Å²) in [6.45, 7) is 3.71. The maximum absolute atomic E-state index is 12.5. The average molecular weight is 294 g/mol. The van der Waals surface area contributed by atoms with Gasteiger partial charge in [0.05, 0.1) is 5.52 Å². The Morgan fingerprint density at radius 1 is 1.35 bits per heavy atom. The summed E-state index contributed by atoms with van der Waals surface area (Å²) in [6.07, 6.45) is 0.194. The monoisotopic (exact) mass is 293 g/mol. The van der Waals surface area contributed by atoms with Gasteiger partial charge in [-0.3, -0.25) is 9.59 Å². The number of hydrogen-bond donors (Lipinski definition) is 1. The number of carbonyl (C=O) groups is 1. The summed E-state index contributed by atoms with van der Waals surface area (Å²) in [7, 11) is 1.87.